The summed E-state index contributed by atoms with van der Waals surface area (Å²) in [7, 11) is 0. The van der Waals surface area contributed by atoms with Crippen LogP contribution in [0.1, 0.15) is 45.1 Å². The van der Waals surface area contributed by atoms with Gasteiger partial charge in [0, 0.05) is 37.6 Å². The van der Waals surface area contributed by atoms with Gasteiger partial charge in [-0.1, -0.05) is 24.3 Å². The second-order valence-corrected chi connectivity index (χ2v) is 9.31. The highest BCUT2D eigenvalue weighted by atomic mass is 16.6. The summed E-state index contributed by atoms with van der Waals surface area (Å²) in [6.45, 7) is 4.30. The quantitative estimate of drug-likeness (QED) is 0.491. The normalized spacial score (nSPS) is 18.7. The van der Waals surface area contributed by atoms with Crippen LogP contribution in [0, 0.1) is 10.6 Å². The number of nitrogens with zero attached hydrogens (tertiary/aromatic N) is 2. The Labute approximate surface area is 194 Å². The first-order valence-corrected chi connectivity index (χ1v) is 11.3. The van der Waals surface area contributed by atoms with Gasteiger partial charge in [0.15, 0.2) is 0 Å². The van der Waals surface area contributed by atoms with E-state index in [1.54, 1.807) is 18.3 Å². The van der Waals surface area contributed by atoms with E-state index in [9.17, 15) is 19.6 Å². The molecule has 0 spiro atoms. The molecule has 2 aromatic rings. The Hall–Kier alpha value is -2.94. The molecule has 1 saturated heterocycles. The number of pyridine rings is 1. The van der Waals surface area contributed by atoms with E-state index in [4.69, 9.17) is 5.73 Å². The molecule has 0 bridgehead atoms. The van der Waals surface area contributed by atoms with Crippen molar-refractivity contribution < 1.29 is 19.0 Å². The Kier molecular flexibility index (Phi) is 7.73. The Morgan fingerprint density at radius 1 is 1.15 bits per heavy atom. The molecule has 1 fully saturated rings. The number of hydrogen-bond acceptors (Lipinski definition) is 6. The monoisotopic (exact) mass is 452 g/mol. The van der Waals surface area contributed by atoms with Gasteiger partial charge in [-0.25, -0.2) is 14.2 Å². The second-order valence-electron chi connectivity index (χ2n) is 9.31. The van der Waals surface area contributed by atoms with Crippen LogP contribution in [0.3, 0.4) is 0 Å². The van der Waals surface area contributed by atoms with E-state index in [1.807, 2.05) is 30.3 Å². The molecule has 3 amide bonds. The number of nitrogens with two attached hydrogens (primary N) is 1. The smallest absolute Gasteiger partial charge is 0.327 e. The molecule has 0 saturated carbocycles. The van der Waals surface area contributed by atoms with Crippen LogP contribution in [0.4, 0.5) is 0 Å². The number of carbonyl (C=O) groups is 3. The highest BCUT2D eigenvalue weighted by molar-refractivity contribution is 5.92. The summed E-state index contributed by atoms with van der Waals surface area (Å²) in [6, 6.07) is 12.1. The summed E-state index contributed by atoms with van der Waals surface area (Å²) in [5, 5.41) is 17.5. The number of hydroxylamine groups is 3. The standard InChI is InChI=1S/C25H32N4O4/c1-25(2,17-22(26)30)24(32)29(33,20-9-6-12-27-14-11-20)23(31)16-18-7-5-8-19(15-18)21-10-3-4-13-28-21/h3-5,7-8,10,13,15,20,27H,6,9,11-12,14,16-17H2,1-2H3,(H2,26,30). The van der Waals surface area contributed by atoms with Gasteiger partial charge in [0.1, 0.15) is 6.04 Å². The number of rotatable bonds is 7. The third-order valence-corrected chi connectivity index (χ3v) is 6.17. The predicted molar refractivity (Wildman–Crippen MR) is 125 cm³/mol. The van der Waals surface area contributed by atoms with Crippen molar-refractivity contribution in [3.05, 3.63) is 59.4 Å². The molecule has 1 aromatic carbocycles. The molecular formula is C25H32N4O4. The summed E-state index contributed by atoms with van der Waals surface area (Å²) >= 11 is 0. The van der Waals surface area contributed by atoms with Crippen molar-refractivity contribution in [3.63, 3.8) is 0 Å². The molecule has 2 unspecified atom stereocenters. The molecule has 1 aliphatic rings. The van der Waals surface area contributed by atoms with Crippen molar-refractivity contribution in [3.8, 4) is 11.3 Å². The van der Waals surface area contributed by atoms with E-state index in [0.29, 0.717) is 31.4 Å². The summed E-state index contributed by atoms with van der Waals surface area (Å²) < 4.78 is -1.57. The van der Waals surface area contributed by atoms with Gasteiger partial charge in [-0.2, -0.15) is 0 Å². The lowest BCUT2D eigenvalue weighted by atomic mass is 9.85. The molecule has 8 nitrogen and oxygen atoms in total. The molecule has 3 N–H and O–H groups in total. The fourth-order valence-electron chi connectivity index (χ4n) is 4.47. The van der Waals surface area contributed by atoms with Crippen LogP contribution in [0.25, 0.3) is 11.3 Å². The minimum Gasteiger partial charge on any atom is -0.617 e. The van der Waals surface area contributed by atoms with Gasteiger partial charge in [-0.05, 0) is 50.6 Å². The van der Waals surface area contributed by atoms with Crippen molar-refractivity contribution in [2.24, 2.45) is 11.1 Å². The van der Waals surface area contributed by atoms with E-state index in [1.165, 1.54) is 13.8 Å². The van der Waals surface area contributed by atoms with Gasteiger partial charge in [0.2, 0.25) is 5.91 Å². The molecule has 0 radical (unpaired) electrons. The number of aromatic nitrogens is 1. The van der Waals surface area contributed by atoms with Crippen LogP contribution in [0.2, 0.25) is 0 Å². The number of primary amides is 1. The predicted octanol–water partition coefficient (Wildman–Crippen LogP) is 2.70. The zero-order chi connectivity index (χ0) is 24.1. The fourth-order valence-corrected chi connectivity index (χ4v) is 4.47. The summed E-state index contributed by atoms with van der Waals surface area (Å²) in [5.74, 6) is -2.21. The largest absolute Gasteiger partial charge is 0.617 e. The molecule has 2 atom stereocenters. The first kappa shape index (κ1) is 24.7. The van der Waals surface area contributed by atoms with E-state index < -0.39 is 33.8 Å². The Bertz CT molecular complexity index is 1000. The minimum atomic E-state index is -1.57. The van der Waals surface area contributed by atoms with Crippen LogP contribution in [-0.2, 0) is 20.8 Å². The third-order valence-electron chi connectivity index (χ3n) is 6.17. The van der Waals surface area contributed by atoms with Gasteiger partial charge in [0.25, 0.3) is 0 Å². The maximum Gasteiger partial charge on any atom is 0.327 e. The first-order valence-electron chi connectivity index (χ1n) is 11.3. The summed E-state index contributed by atoms with van der Waals surface area (Å²) in [5.41, 5.74) is 6.19. The lowest BCUT2D eigenvalue weighted by Gasteiger charge is -2.46. The number of nitrogens with one attached hydrogen (secondary N) is 1. The average molecular weight is 453 g/mol. The molecule has 1 aliphatic heterocycles. The zero-order valence-corrected chi connectivity index (χ0v) is 19.3. The first-order chi connectivity index (χ1) is 15.6. The Balaban J connectivity index is 1.94. The van der Waals surface area contributed by atoms with Crippen LogP contribution in [0.15, 0.2) is 48.7 Å². The number of benzene rings is 1. The molecule has 2 heterocycles. The van der Waals surface area contributed by atoms with Gasteiger partial charge in [0.05, 0.1) is 17.5 Å². The minimum absolute atomic E-state index is 0.188. The SMILES string of the molecule is CC(C)(CC(N)=O)C(=O)[N+]([O-])(C(=O)Cc1cccc(-c2ccccn2)c1)C1CCCNCC1. The number of carbonyl (C=O) groups excluding carboxylic acids is 3. The average Bonchev–Trinajstić information content (AvgIpc) is 3.08. The van der Waals surface area contributed by atoms with Crippen molar-refractivity contribution in [1.29, 1.82) is 0 Å². The van der Waals surface area contributed by atoms with Gasteiger partial charge in [-0.15, -0.1) is 0 Å². The lowest BCUT2D eigenvalue weighted by Crippen LogP contribution is -2.63. The van der Waals surface area contributed by atoms with E-state index in [0.717, 1.165) is 17.8 Å². The number of quaternary nitrogens is 1. The summed E-state index contributed by atoms with van der Waals surface area (Å²) in [4.78, 5) is 43.0. The van der Waals surface area contributed by atoms with Crippen LogP contribution >= 0.6 is 0 Å². The maximum atomic E-state index is 14.2. The van der Waals surface area contributed by atoms with E-state index in [-0.39, 0.29) is 12.8 Å². The third kappa shape index (κ3) is 5.71. The van der Waals surface area contributed by atoms with E-state index in [2.05, 4.69) is 10.3 Å². The lowest BCUT2D eigenvalue weighted by molar-refractivity contribution is -0.760. The van der Waals surface area contributed by atoms with Gasteiger partial charge < -0.3 is 16.3 Å². The molecule has 33 heavy (non-hydrogen) atoms. The fraction of sp³-hybridized carbons (Fsp3) is 0.440. The highest BCUT2D eigenvalue weighted by Gasteiger charge is 2.50. The van der Waals surface area contributed by atoms with Crippen molar-refractivity contribution in [2.75, 3.05) is 13.1 Å². The molecule has 8 heteroatoms. The van der Waals surface area contributed by atoms with Gasteiger partial charge >= 0.3 is 11.8 Å². The maximum absolute atomic E-state index is 14.2. The van der Waals surface area contributed by atoms with Crippen LogP contribution in [0.5, 0.6) is 0 Å². The topological polar surface area (TPSA) is 125 Å². The summed E-state index contributed by atoms with van der Waals surface area (Å²) in [6.07, 6.45) is 2.76. The van der Waals surface area contributed by atoms with Crippen molar-refractivity contribution in [2.45, 2.75) is 52.0 Å². The molecular weight excluding hydrogens is 420 g/mol. The highest BCUT2D eigenvalue weighted by Crippen LogP contribution is 2.33. The zero-order valence-electron chi connectivity index (χ0n) is 19.3. The van der Waals surface area contributed by atoms with Crippen LogP contribution in [-0.4, -0.2) is 46.5 Å². The Morgan fingerprint density at radius 3 is 2.64 bits per heavy atom. The van der Waals surface area contributed by atoms with E-state index >= 15 is 0 Å². The molecule has 3 rings (SSSR count). The number of hydrogen-bond donors (Lipinski definition) is 2. The Morgan fingerprint density at radius 2 is 1.94 bits per heavy atom. The van der Waals surface area contributed by atoms with Crippen molar-refractivity contribution >= 4 is 17.7 Å². The second kappa shape index (κ2) is 10.3. The number of amides is 3. The molecule has 176 valence electrons. The van der Waals surface area contributed by atoms with Crippen LogP contribution < -0.4 is 11.1 Å². The van der Waals surface area contributed by atoms with Crippen molar-refractivity contribution in [1.82, 2.24) is 10.3 Å². The molecule has 1 aromatic heterocycles. The number of imide groups is 1. The van der Waals surface area contributed by atoms with Gasteiger partial charge in [-0.3, -0.25) is 9.78 Å². The molecule has 0 aliphatic carbocycles.